The van der Waals surface area contributed by atoms with Gasteiger partial charge in [-0.1, -0.05) is 15.9 Å². The van der Waals surface area contributed by atoms with E-state index in [1.54, 1.807) is 18.2 Å². The zero-order valence-electron chi connectivity index (χ0n) is 9.58. The Balaban J connectivity index is 2.42. The Morgan fingerprint density at radius 3 is 2.32 bits per heavy atom. The quantitative estimate of drug-likeness (QED) is 0.665. The first-order valence-electron chi connectivity index (χ1n) is 5.23. The highest BCUT2D eigenvalue weighted by atomic mass is 79.9. The van der Waals surface area contributed by atoms with Crippen LogP contribution in [0.5, 0.6) is 11.5 Å². The molecule has 0 aliphatic heterocycles. The summed E-state index contributed by atoms with van der Waals surface area (Å²) in [6, 6.07) is 7.69. The predicted octanol–water partition coefficient (Wildman–Crippen LogP) is 3.80. The van der Waals surface area contributed by atoms with Crippen LogP contribution in [-0.2, 0) is 0 Å². The number of halogens is 3. The van der Waals surface area contributed by atoms with E-state index in [4.69, 9.17) is 15.9 Å². The van der Waals surface area contributed by atoms with Gasteiger partial charge in [0.1, 0.15) is 29.0 Å². The number of amidine groups is 1. The molecule has 19 heavy (non-hydrogen) atoms. The monoisotopic (exact) mass is 326 g/mol. The van der Waals surface area contributed by atoms with E-state index in [2.05, 4.69) is 15.9 Å². The third-order valence-corrected chi connectivity index (χ3v) is 2.79. The van der Waals surface area contributed by atoms with E-state index in [0.717, 1.165) is 18.2 Å². The summed E-state index contributed by atoms with van der Waals surface area (Å²) in [6.07, 6.45) is 0. The lowest BCUT2D eigenvalue weighted by Crippen LogP contribution is -2.12. The Morgan fingerprint density at radius 1 is 1.11 bits per heavy atom. The second kappa shape index (κ2) is 5.36. The van der Waals surface area contributed by atoms with Gasteiger partial charge in [-0.2, -0.15) is 0 Å². The molecular formula is C13H9BrF2N2O. The van der Waals surface area contributed by atoms with Crippen LogP contribution in [-0.4, -0.2) is 5.84 Å². The fraction of sp³-hybridized carbons (Fsp3) is 0. The van der Waals surface area contributed by atoms with E-state index < -0.39 is 11.6 Å². The van der Waals surface area contributed by atoms with E-state index in [-0.39, 0.29) is 17.3 Å². The molecule has 6 heteroatoms. The van der Waals surface area contributed by atoms with Gasteiger partial charge in [-0.3, -0.25) is 5.41 Å². The lowest BCUT2D eigenvalue weighted by Gasteiger charge is -2.11. The molecule has 2 aromatic rings. The largest absolute Gasteiger partial charge is 0.456 e. The molecule has 0 fully saturated rings. The first-order valence-corrected chi connectivity index (χ1v) is 6.03. The highest BCUT2D eigenvalue weighted by Crippen LogP contribution is 2.29. The minimum Gasteiger partial charge on any atom is -0.456 e. The number of nitrogens with one attached hydrogen (secondary N) is 1. The molecule has 0 aliphatic carbocycles. The minimum absolute atomic E-state index is 0.00176. The van der Waals surface area contributed by atoms with Gasteiger partial charge in [0.2, 0.25) is 0 Å². The van der Waals surface area contributed by atoms with Gasteiger partial charge in [0.05, 0.1) is 5.56 Å². The van der Waals surface area contributed by atoms with Crippen molar-refractivity contribution in [2.45, 2.75) is 0 Å². The smallest absolute Gasteiger partial charge is 0.139 e. The fourth-order valence-corrected chi connectivity index (χ4v) is 1.86. The number of nitrogens with two attached hydrogens (primary N) is 1. The van der Waals surface area contributed by atoms with Crippen LogP contribution in [0.25, 0.3) is 0 Å². The Labute approximate surface area is 116 Å². The topological polar surface area (TPSA) is 59.1 Å². The summed E-state index contributed by atoms with van der Waals surface area (Å²) in [7, 11) is 0. The van der Waals surface area contributed by atoms with Crippen molar-refractivity contribution in [2.75, 3.05) is 0 Å². The zero-order chi connectivity index (χ0) is 14.0. The summed E-state index contributed by atoms with van der Waals surface area (Å²) in [5, 5.41) is 7.43. The maximum absolute atomic E-state index is 13.1. The van der Waals surface area contributed by atoms with Crippen LogP contribution in [0, 0.1) is 17.0 Å². The van der Waals surface area contributed by atoms with Gasteiger partial charge in [-0.25, -0.2) is 8.78 Å². The van der Waals surface area contributed by atoms with Crippen LogP contribution in [0.3, 0.4) is 0 Å². The molecule has 0 amide bonds. The van der Waals surface area contributed by atoms with Gasteiger partial charge in [-0.05, 0) is 18.2 Å². The summed E-state index contributed by atoms with van der Waals surface area (Å²) in [5.74, 6) is -1.44. The van der Waals surface area contributed by atoms with Gasteiger partial charge in [0.15, 0.2) is 0 Å². The molecule has 2 rings (SSSR count). The molecule has 3 N–H and O–H groups in total. The summed E-state index contributed by atoms with van der Waals surface area (Å²) < 4.78 is 32.2. The van der Waals surface area contributed by atoms with Crippen LogP contribution in [0.2, 0.25) is 0 Å². The third-order valence-electron chi connectivity index (χ3n) is 2.30. The molecule has 3 nitrogen and oxygen atoms in total. The van der Waals surface area contributed by atoms with Gasteiger partial charge in [0, 0.05) is 22.7 Å². The molecule has 98 valence electrons. The fourth-order valence-electron chi connectivity index (χ4n) is 1.52. The van der Waals surface area contributed by atoms with Crippen molar-refractivity contribution in [3.05, 3.63) is 58.1 Å². The van der Waals surface area contributed by atoms with Crippen molar-refractivity contribution in [1.29, 1.82) is 5.41 Å². The molecule has 0 bridgehead atoms. The maximum atomic E-state index is 13.1. The van der Waals surface area contributed by atoms with Crippen LogP contribution in [0.1, 0.15) is 5.56 Å². The lowest BCUT2D eigenvalue weighted by molar-refractivity contribution is 0.467. The Morgan fingerprint density at radius 2 is 1.74 bits per heavy atom. The second-order valence-corrected chi connectivity index (χ2v) is 4.68. The number of hydrogen-bond acceptors (Lipinski definition) is 2. The number of rotatable bonds is 3. The van der Waals surface area contributed by atoms with Gasteiger partial charge >= 0.3 is 0 Å². The Bertz CT molecular complexity index is 626. The molecule has 0 aromatic heterocycles. The number of ether oxygens (including phenoxy) is 1. The van der Waals surface area contributed by atoms with Crippen LogP contribution >= 0.6 is 15.9 Å². The van der Waals surface area contributed by atoms with E-state index >= 15 is 0 Å². The molecule has 0 saturated carbocycles. The molecule has 0 aliphatic rings. The highest BCUT2D eigenvalue weighted by molar-refractivity contribution is 9.10. The average Bonchev–Trinajstić information content (AvgIpc) is 2.26. The van der Waals surface area contributed by atoms with Crippen molar-refractivity contribution in [3.8, 4) is 11.5 Å². The number of nitrogen functional groups attached to an aromatic ring is 1. The SMILES string of the molecule is N=C(N)c1ccc(Br)cc1Oc1cc(F)cc(F)c1. The first kappa shape index (κ1) is 13.5. The van der Waals surface area contributed by atoms with Gasteiger partial charge < -0.3 is 10.5 Å². The lowest BCUT2D eigenvalue weighted by atomic mass is 10.2. The molecular weight excluding hydrogens is 318 g/mol. The van der Waals surface area contributed by atoms with Crippen LogP contribution in [0.4, 0.5) is 8.78 Å². The van der Waals surface area contributed by atoms with Crippen LogP contribution < -0.4 is 10.5 Å². The third kappa shape index (κ3) is 3.29. The van der Waals surface area contributed by atoms with Crippen molar-refractivity contribution in [2.24, 2.45) is 5.73 Å². The van der Waals surface area contributed by atoms with E-state index in [9.17, 15) is 8.78 Å². The van der Waals surface area contributed by atoms with Gasteiger partial charge in [-0.15, -0.1) is 0 Å². The summed E-state index contributed by atoms with van der Waals surface area (Å²) in [4.78, 5) is 0. The van der Waals surface area contributed by atoms with E-state index in [0.29, 0.717) is 10.0 Å². The van der Waals surface area contributed by atoms with Crippen molar-refractivity contribution >= 4 is 21.8 Å². The molecule has 0 atom stereocenters. The summed E-state index contributed by atoms with van der Waals surface area (Å²) in [5.41, 5.74) is 5.76. The second-order valence-electron chi connectivity index (χ2n) is 3.76. The molecule has 0 heterocycles. The van der Waals surface area contributed by atoms with Crippen LogP contribution in [0.15, 0.2) is 40.9 Å². The van der Waals surface area contributed by atoms with E-state index in [1.807, 2.05) is 0 Å². The number of hydrogen-bond donors (Lipinski definition) is 2. The summed E-state index contributed by atoms with van der Waals surface area (Å²) >= 11 is 3.25. The van der Waals surface area contributed by atoms with Crippen molar-refractivity contribution < 1.29 is 13.5 Å². The maximum Gasteiger partial charge on any atom is 0.139 e. The zero-order valence-corrected chi connectivity index (χ0v) is 11.2. The van der Waals surface area contributed by atoms with Crippen molar-refractivity contribution in [3.63, 3.8) is 0 Å². The number of benzene rings is 2. The standard InChI is InChI=1S/C13H9BrF2N2O/c14-7-1-2-11(13(17)18)12(3-7)19-10-5-8(15)4-9(16)6-10/h1-6H,(H3,17,18). The van der Waals surface area contributed by atoms with Crippen molar-refractivity contribution in [1.82, 2.24) is 0 Å². The molecule has 2 aromatic carbocycles. The molecule has 0 spiro atoms. The molecule has 0 radical (unpaired) electrons. The normalized spacial score (nSPS) is 10.3. The Kier molecular flexibility index (Phi) is 3.80. The Hall–Kier alpha value is -1.95. The minimum atomic E-state index is -0.741. The van der Waals surface area contributed by atoms with Gasteiger partial charge in [0.25, 0.3) is 0 Å². The average molecular weight is 327 g/mol. The highest BCUT2D eigenvalue weighted by Gasteiger charge is 2.10. The molecule has 0 saturated heterocycles. The predicted molar refractivity (Wildman–Crippen MR) is 71.6 cm³/mol. The summed E-state index contributed by atoms with van der Waals surface area (Å²) in [6.45, 7) is 0. The van der Waals surface area contributed by atoms with E-state index in [1.165, 1.54) is 0 Å². The first-order chi connectivity index (χ1) is 8.95. The molecule has 0 unspecified atom stereocenters.